The highest BCUT2D eigenvalue weighted by atomic mass is 16.5. The number of esters is 1. The number of nitrogens with zero attached hydrogens (tertiary/aromatic N) is 2. The third kappa shape index (κ3) is 1.54. The van der Waals surface area contributed by atoms with Crippen LogP contribution in [0.3, 0.4) is 0 Å². The normalized spacial score (nSPS) is 29.8. The zero-order valence-electron chi connectivity index (χ0n) is 11.3. The summed E-state index contributed by atoms with van der Waals surface area (Å²) < 4.78 is 4.85. The molecule has 106 valence electrons. The van der Waals surface area contributed by atoms with Gasteiger partial charge in [-0.25, -0.2) is 4.90 Å². The van der Waals surface area contributed by atoms with Crippen molar-refractivity contribution >= 4 is 23.5 Å². The second kappa shape index (κ2) is 4.42. The molecule has 2 fully saturated rings. The van der Waals surface area contributed by atoms with E-state index in [2.05, 4.69) is 0 Å². The lowest BCUT2D eigenvalue weighted by Crippen LogP contribution is -2.40. The lowest BCUT2D eigenvalue weighted by molar-refractivity contribution is -0.150. The van der Waals surface area contributed by atoms with Crippen LogP contribution in [-0.4, -0.2) is 24.4 Å². The van der Waals surface area contributed by atoms with Gasteiger partial charge in [-0.2, -0.15) is 5.26 Å². The van der Waals surface area contributed by atoms with Gasteiger partial charge in [0.2, 0.25) is 11.8 Å². The van der Waals surface area contributed by atoms with E-state index in [1.54, 1.807) is 37.3 Å². The summed E-state index contributed by atoms with van der Waals surface area (Å²) in [4.78, 5) is 37.8. The molecule has 3 rings (SSSR count). The highest BCUT2D eigenvalue weighted by Gasteiger charge is 2.83. The van der Waals surface area contributed by atoms with Crippen LogP contribution in [0.2, 0.25) is 0 Å². The number of piperidine rings is 1. The number of carbonyl (C=O) groups excluding carboxylic acids is 3. The van der Waals surface area contributed by atoms with Crippen LogP contribution in [0.1, 0.15) is 6.92 Å². The molecular formula is C15H12N2O4. The number of ether oxygens (including phenoxy) is 1. The van der Waals surface area contributed by atoms with Crippen molar-refractivity contribution in [3.8, 4) is 6.07 Å². The van der Waals surface area contributed by atoms with Crippen LogP contribution < -0.4 is 4.90 Å². The number of amides is 2. The third-order valence-corrected chi connectivity index (χ3v) is 3.99. The molecule has 1 aliphatic carbocycles. The molecule has 1 aromatic rings. The van der Waals surface area contributed by atoms with Gasteiger partial charge in [-0.3, -0.25) is 14.4 Å². The summed E-state index contributed by atoms with van der Waals surface area (Å²) in [5, 5.41) is 9.28. The van der Waals surface area contributed by atoms with Crippen molar-refractivity contribution in [2.24, 2.45) is 17.3 Å². The van der Waals surface area contributed by atoms with Gasteiger partial charge >= 0.3 is 5.97 Å². The Balaban J connectivity index is 1.93. The number of nitriles is 1. The van der Waals surface area contributed by atoms with E-state index in [4.69, 9.17) is 4.74 Å². The van der Waals surface area contributed by atoms with Crippen LogP contribution in [0.5, 0.6) is 0 Å². The number of fused-ring (bicyclic) bond motifs is 1. The molecule has 1 aromatic carbocycles. The molecule has 0 spiro atoms. The van der Waals surface area contributed by atoms with Crippen molar-refractivity contribution in [3.63, 3.8) is 0 Å². The summed E-state index contributed by atoms with van der Waals surface area (Å²) in [6.07, 6.45) is 0. The number of para-hydroxylation sites is 1. The molecule has 0 N–H and O–H groups in total. The van der Waals surface area contributed by atoms with Gasteiger partial charge in [-0.05, 0) is 19.1 Å². The molecule has 0 aromatic heterocycles. The van der Waals surface area contributed by atoms with Gasteiger partial charge in [0, 0.05) is 0 Å². The molecule has 6 nitrogen and oxygen atoms in total. The van der Waals surface area contributed by atoms with Crippen LogP contribution in [0.4, 0.5) is 5.69 Å². The van der Waals surface area contributed by atoms with Crippen LogP contribution in [0.15, 0.2) is 30.3 Å². The molecule has 2 amide bonds. The first kappa shape index (κ1) is 13.3. The molecule has 1 heterocycles. The predicted molar refractivity (Wildman–Crippen MR) is 70.6 cm³/mol. The average Bonchev–Trinajstić information content (AvgIpc) is 3.11. The topological polar surface area (TPSA) is 87.5 Å². The Morgan fingerprint density at radius 1 is 1.29 bits per heavy atom. The first-order valence-corrected chi connectivity index (χ1v) is 6.61. The Morgan fingerprint density at radius 3 is 2.33 bits per heavy atom. The summed E-state index contributed by atoms with van der Waals surface area (Å²) in [6, 6.07) is 10.3. The monoisotopic (exact) mass is 284 g/mol. The third-order valence-electron chi connectivity index (χ3n) is 3.99. The first-order chi connectivity index (χ1) is 10.1. The zero-order valence-corrected chi connectivity index (χ0v) is 11.3. The number of hydrogen-bond donors (Lipinski definition) is 0. The van der Waals surface area contributed by atoms with E-state index in [0.717, 1.165) is 4.90 Å². The summed E-state index contributed by atoms with van der Waals surface area (Å²) in [6.45, 7) is 1.72. The fourth-order valence-corrected chi connectivity index (χ4v) is 2.97. The number of imide groups is 1. The van der Waals surface area contributed by atoms with Crippen molar-refractivity contribution in [2.75, 3.05) is 11.5 Å². The minimum atomic E-state index is -1.63. The number of hydrogen-bond acceptors (Lipinski definition) is 5. The van der Waals surface area contributed by atoms with Crippen LogP contribution >= 0.6 is 0 Å². The highest BCUT2D eigenvalue weighted by molar-refractivity contribution is 6.29. The molecule has 6 heteroatoms. The Bertz CT molecular complexity index is 655. The standard InChI is InChI=1S/C15H12N2O4/c1-2-21-14(20)15(8-16)10-11(15)13(19)17(12(10)18)9-6-4-3-5-7-9/h3-7,10-11H,2H2,1H3/t10-,11+,15?. The van der Waals surface area contributed by atoms with Crippen molar-refractivity contribution < 1.29 is 19.1 Å². The minimum Gasteiger partial charge on any atom is -0.465 e. The van der Waals surface area contributed by atoms with Gasteiger partial charge in [-0.15, -0.1) is 0 Å². The quantitative estimate of drug-likeness (QED) is 0.607. The van der Waals surface area contributed by atoms with Crippen molar-refractivity contribution in [3.05, 3.63) is 30.3 Å². The second-order valence-corrected chi connectivity index (χ2v) is 5.00. The van der Waals surface area contributed by atoms with E-state index < -0.39 is 35.0 Å². The molecular weight excluding hydrogens is 272 g/mol. The molecule has 1 saturated carbocycles. The fraction of sp³-hybridized carbons (Fsp3) is 0.333. The highest BCUT2D eigenvalue weighted by Crippen LogP contribution is 2.64. The van der Waals surface area contributed by atoms with Gasteiger partial charge in [-0.1, -0.05) is 18.2 Å². The minimum absolute atomic E-state index is 0.104. The Kier molecular flexibility index (Phi) is 2.80. The van der Waals surface area contributed by atoms with Gasteiger partial charge < -0.3 is 4.74 Å². The molecule has 1 aliphatic heterocycles. The van der Waals surface area contributed by atoms with Gasteiger partial charge in [0.1, 0.15) is 0 Å². The van der Waals surface area contributed by atoms with Crippen molar-refractivity contribution in [2.45, 2.75) is 6.92 Å². The lowest BCUT2D eigenvalue weighted by atomic mass is 10.0. The molecule has 0 radical (unpaired) electrons. The number of carbonyl (C=O) groups is 3. The second-order valence-electron chi connectivity index (χ2n) is 5.00. The molecule has 2 aliphatic rings. The van der Waals surface area contributed by atoms with E-state index in [9.17, 15) is 19.6 Å². The first-order valence-electron chi connectivity index (χ1n) is 6.61. The number of anilines is 1. The summed E-state index contributed by atoms with van der Waals surface area (Å²) >= 11 is 0. The smallest absolute Gasteiger partial charge is 0.328 e. The fourth-order valence-electron chi connectivity index (χ4n) is 2.97. The Morgan fingerprint density at radius 2 is 1.86 bits per heavy atom. The van der Waals surface area contributed by atoms with E-state index in [-0.39, 0.29) is 6.61 Å². The summed E-state index contributed by atoms with van der Waals surface area (Å²) in [7, 11) is 0. The van der Waals surface area contributed by atoms with Crippen molar-refractivity contribution in [1.29, 1.82) is 5.26 Å². The van der Waals surface area contributed by atoms with Gasteiger partial charge in [0.25, 0.3) is 0 Å². The predicted octanol–water partition coefficient (Wildman–Crippen LogP) is 0.879. The average molecular weight is 284 g/mol. The van der Waals surface area contributed by atoms with E-state index >= 15 is 0 Å². The maximum absolute atomic E-state index is 12.4. The molecule has 21 heavy (non-hydrogen) atoms. The molecule has 0 bridgehead atoms. The maximum Gasteiger partial charge on any atom is 0.328 e. The van der Waals surface area contributed by atoms with Crippen LogP contribution in [0, 0.1) is 28.6 Å². The number of benzene rings is 1. The number of rotatable bonds is 3. The molecule has 1 unspecified atom stereocenters. The van der Waals surface area contributed by atoms with Gasteiger partial charge in [0.05, 0.1) is 30.2 Å². The molecule has 1 saturated heterocycles. The summed E-state index contributed by atoms with van der Waals surface area (Å²) in [5.74, 6) is -3.64. The van der Waals surface area contributed by atoms with E-state index in [0.29, 0.717) is 5.69 Å². The van der Waals surface area contributed by atoms with Crippen molar-refractivity contribution in [1.82, 2.24) is 0 Å². The van der Waals surface area contributed by atoms with Crippen LogP contribution in [0.25, 0.3) is 0 Å². The summed E-state index contributed by atoms with van der Waals surface area (Å²) in [5.41, 5.74) is -1.18. The lowest BCUT2D eigenvalue weighted by Gasteiger charge is -2.20. The van der Waals surface area contributed by atoms with E-state index in [1.807, 2.05) is 6.07 Å². The maximum atomic E-state index is 12.4. The Labute approximate surface area is 120 Å². The molecule has 3 atom stereocenters. The SMILES string of the molecule is CCOC(=O)C1(C#N)[C@@H]2C(=O)N(c3ccccc3)C(=O)[C@@H]21. The van der Waals surface area contributed by atoms with Gasteiger partial charge in [0.15, 0.2) is 5.41 Å². The van der Waals surface area contributed by atoms with E-state index in [1.165, 1.54) is 0 Å². The zero-order chi connectivity index (χ0) is 15.2. The Hall–Kier alpha value is -2.68. The largest absolute Gasteiger partial charge is 0.465 e. The van der Waals surface area contributed by atoms with Crippen LogP contribution in [-0.2, 0) is 19.1 Å².